The van der Waals surface area contributed by atoms with Crippen LogP contribution in [0, 0.1) is 20.8 Å². The maximum atomic E-state index is 13.3. The number of unbranched alkanes of at least 4 members (excludes halogenated alkanes) is 5. The second kappa shape index (κ2) is 19.2. The maximum absolute atomic E-state index is 13.3. The van der Waals surface area contributed by atoms with Gasteiger partial charge in [-0.1, -0.05) is 55.1 Å². The van der Waals surface area contributed by atoms with Crippen LogP contribution in [0.25, 0.3) is 0 Å². The molecule has 1 amide bonds. The average Bonchev–Trinajstić information content (AvgIpc) is 2.96. The topological polar surface area (TPSA) is 125 Å². The first kappa shape index (κ1) is 36.1. The molecule has 10 heteroatoms. The maximum Gasteiger partial charge on any atom is 0.336 e. The number of carboxylic acids is 2. The third-order valence-electron chi connectivity index (χ3n) is 7.42. The summed E-state index contributed by atoms with van der Waals surface area (Å²) < 4.78 is 10.9. The van der Waals surface area contributed by atoms with Crippen LogP contribution in [0.3, 0.4) is 0 Å². The Balaban J connectivity index is 1.80. The van der Waals surface area contributed by atoms with E-state index in [2.05, 4.69) is 37.4 Å². The zero-order valence-corrected chi connectivity index (χ0v) is 26.6. The number of halogens is 1. The third kappa shape index (κ3) is 13.4. The Kier molecular flexibility index (Phi) is 16.1. The molecule has 0 fully saturated rings. The van der Waals surface area contributed by atoms with Gasteiger partial charge in [-0.25, -0.2) is 9.59 Å². The van der Waals surface area contributed by atoms with Crippen molar-refractivity contribution in [3.63, 3.8) is 0 Å². The lowest BCUT2D eigenvalue weighted by Gasteiger charge is -2.27. The zero-order valence-electron chi connectivity index (χ0n) is 25.9. The number of ether oxygens (including phenoxy) is 2. The van der Waals surface area contributed by atoms with Gasteiger partial charge in [0.2, 0.25) is 0 Å². The fourth-order valence-electron chi connectivity index (χ4n) is 4.61. The number of rotatable bonds is 21. The normalized spacial score (nSPS) is 12.5. The number of nitrogens with one attached hydrogen (secondary N) is 1. The number of carbonyl (C=O) groups is 3. The molecule has 0 radical (unpaired) electrons. The SMILES string of the molecule is Cc1ccc(CCCCCOC(C(=O)N(C)CCCCCCNc2ccc(C)c(Cl)c2)C(OCC(=O)O)C(=O)O)cc1C. The lowest BCUT2D eigenvalue weighted by molar-refractivity contribution is -0.175. The molecule has 0 heterocycles. The lowest BCUT2D eigenvalue weighted by atomic mass is 10.0. The summed E-state index contributed by atoms with van der Waals surface area (Å²) in [5.74, 6) is -3.30. The Morgan fingerprint density at radius 3 is 2.21 bits per heavy atom. The highest BCUT2D eigenvalue weighted by Crippen LogP contribution is 2.20. The average molecular weight is 619 g/mol. The molecule has 43 heavy (non-hydrogen) atoms. The lowest BCUT2D eigenvalue weighted by Crippen LogP contribution is -2.50. The smallest absolute Gasteiger partial charge is 0.336 e. The van der Waals surface area contributed by atoms with E-state index < -0.39 is 36.7 Å². The Morgan fingerprint density at radius 1 is 0.837 bits per heavy atom. The summed E-state index contributed by atoms with van der Waals surface area (Å²) in [5.41, 5.74) is 5.79. The van der Waals surface area contributed by atoms with Gasteiger partial charge in [0.25, 0.3) is 5.91 Å². The van der Waals surface area contributed by atoms with Gasteiger partial charge >= 0.3 is 11.9 Å². The number of aryl methyl sites for hydroxylation is 4. The molecule has 0 saturated heterocycles. The number of hydrogen-bond acceptors (Lipinski definition) is 6. The molecule has 238 valence electrons. The summed E-state index contributed by atoms with van der Waals surface area (Å²) in [4.78, 5) is 37.7. The molecule has 2 atom stereocenters. The van der Waals surface area contributed by atoms with E-state index in [4.69, 9.17) is 26.2 Å². The highest BCUT2D eigenvalue weighted by molar-refractivity contribution is 6.31. The van der Waals surface area contributed by atoms with E-state index in [1.54, 1.807) is 7.05 Å². The highest BCUT2D eigenvalue weighted by Gasteiger charge is 2.37. The van der Waals surface area contributed by atoms with Crippen molar-refractivity contribution >= 4 is 35.1 Å². The second-order valence-corrected chi connectivity index (χ2v) is 11.5. The molecule has 3 N–H and O–H groups in total. The number of amides is 1. The number of benzene rings is 2. The minimum Gasteiger partial charge on any atom is -0.480 e. The first-order valence-electron chi connectivity index (χ1n) is 15.0. The van der Waals surface area contributed by atoms with Crippen LogP contribution in [-0.4, -0.2) is 78.5 Å². The first-order chi connectivity index (χ1) is 20.5. The molecule has 2 unspecified atom stereocenters. The van der Waals surface area contributed by atoms with E-state index in [9.17, 15) is 19.5 Å². The summed E-state index contributed by atoms with van der Waals surface area (Å²) in [7, 11) is 1.60. The van der Waals surface area contributed by atoms with Gasteiger partial charge in [0.1, 0.15) is 6.61 Å². The largest absolute Gasteiger partial charge is 0.480 e. The van der Waals surface area contributed by atoms with Crippen LogP contribution in [0.5, 0.6) is 0 Å². The molecule has 2 aromatic rings. The molecule has 0 bridgehead atoms. The summed E-state index contributed by atoms with van der Waals surface area (Å²) in [5, 5.41) is 22.8. The second-order valence-electron chi connectivity index (χ2n) is 11.0. The monoisotopic (exact) mass is 618 g/mol. The number of nitrogens with zero attached hydrogens (tertiary/aromatic N) is 1. The van der Waals surface area contributed by atoms with Gasteiger partial charge in [-0.15, -0.1) is 0 Å². The van der Waals surface area contributed by atoms with E-state index in [1.807, 2.05) is 25.1 Å². The highest BCUT2D eigenvalue weighted by atomic mass is 35.5. The predicted molar refractivity (Wildman–Crippen MR) is 169 cm³/mol. The fraction of sp³-hybridized carbons (Fsp3) is 0.545. The summed E-state index contributed by atoms with van der Waals surface area (Å²) in [6.45, 7) is 6.68. The quantitative estimate of drug-likeness (QED) is 0.144. The van der Waals surface area contributed by atoms with Gasteiger partial charge in [-0.05, 0) is 87.3 Å². The molecule has 0 aliphatic heterocycles. The molecule has 0 spiro atoms. The molecule has 0 saturated carbocycles. The van der Waals surface area contributed by atoms with E-state index >= 15 is 0 Å². The van der Waals surface area contributed by atoms with Crippen LogP contribution >= 0.6 is 11.6 Å². The Morgan fingerprint density at radius 2 is 1.53 bits per heavy atom. The molecule has 2 rings (SSSR count). The van der Waals surface area contributed by atoms with Gasteiger partial charge in [0, 0.05) is 37.5 Å². The van der Waals surface area contributed by atoms with Crippen molar-refractivity contribution in [3.05, 3.63) is 63.7 Å². The van der Waals surface area contributed by atoms with Crippen molar-refractivity contribution in [1.82, 2.24) is 4.90 Å². The van der Waals surface area contributed by atoms with Gasteiger partial charge in [0.15, 0.2) is 12.2 Å². The summed E-state index contributed by atoms with van der Waals surface area (Å²) in [6.07, 6.45) is 3.68. The van der Waals surface area contributed by atoms with E-state index in [1.165, 1.54) is 21.6 Å². The standard InChI is InChI=1S/C33H47ClN2O7/c1-23-13-15-26(20-25(23)3)12-8-7-11-19-42-30(31(33(40)41)43-22-29(37)38)32(39)36(4)18-10-6-5-9-17-35-27-16-14-24(2)28(34)21-27/h13-16,20-21,30-31,35H,5-12,17-19,22H2,1-4H3,(H,37,38)(H,40,41). The molecule has 0 aliphatic carbocycles. The first-order valence-corrected chi connectivity index (χ1v) is 15.4. The van der Waals surface area contributed by atoms with Crippen molar-refractivity contribution in [1.29, 1.82) is 0 Å². The minimum absolute atomic E-state index is 0.163. The van der Waals surface area contributed by atoms with E-state index in [0.29, 0.717) is 13.0 Å². The van der Waals surface area contributed by atoms with Gasteiger partial charge in [-0.2, -0.15) is 0 Å². The number of anilines is 1. The van der Waals surface area contributed by atoms with Gasteiger partial charge in [0.05, 0.1) is 0 Å². The van der Waals surface area contributed by atoms with Gasteiger partial charge in [-0.3, -0.25) is 4.79 Å². The Hall–Kier alpha value is -3.14. The van der Waals surface area contributed by atoms with Gasteiger partial charge < -0.3 is 29.9 Å². The number of carboxylic acid groups (broad SMARTS) is 2. The molecule has 0 aliphatic rings. The van der Waals surface area contributed by atoms with Crippen LogP contribution in [0.1, 0.15) is 67.2 Å². The van der Waals surface area contributed by atoms with Crippen LogP contribution in [0.4, 0.5) is 5.69 Å². The van der Waals surface area contributed by atoms with E-state index in [-0.39, 0.29) is 6.61 Å². The van der Waals surface area contributed by atoms with Crippen molar-refractivity contribution in [3.8, 4) is 0 Å². The summed E-state index contributed by atoms with van der Waals surface area (Å²) in [6, 6.07) is 12.3. The molecule has 0 aromatic heterocycles. The molecular weight excluding hydrogens is 572 g/mol. The predicted octanol–water partition coefficient (Wildman–Crippen LogP) is 6.05. The Bertz CT molecular complexity index is 1190. The molecular formula is C33H47ClN2O7. The molecule has 9 nitrogen and oxygen atoms in total. The van der Waals surface area contributed by atoms with Crippen molar-refractivity contribution in [2.75, 3.05) is 38.7 Å². The third-order valence-corrected chi connectivity index (χ3v) is 7.83. The van der Waals surface area contributed by atoms with Crippen molar-refractivity contribution in [2.24, 2.45) is 0 Å². The van der Waals surface area contributed by atoms with E-state index in [0.717, 1.165) is 67.8 Å². The van der Waals surface area contributed by atoms with Crippen LogP contribution in [-0.2, 0) is 30.3 Å². The fourth-order valence-corrected chi connectivity index (χ4v) is 4.79. The van der Waals surface area contributed by atoms with Crippen molar-refractivity contribution < 1.29 is 34.1 Å². The number of aliphatic carboxylic acids is 2. The minimum atomic E-state index is -1.72. The number of carbonyl (C=O) groups excluding carboxylic acids is 1. The summed E-state index contributed by atoms with van der Waals surface area (Å²) >= 11 is 6.17. The van der Waals surface area contributed by atoms with Crippen LogP contribution < -0.4 is 5.32 Å². The van der Waals surface area contributed by atoms with Crippen molar-refractivity contribution in [2.45, 2.75) is 84.3 Å². The number of hydrogen-bond donors (Lipinski definition) is 3. The van der Waals surface area contributed by atoms with Crippen LogP contribution in [0.2, 0.25) is 5.02 Å². The Labute approximate surface area is 260 Å². The number of likely N-dealkylation sites (N-methyl/N-ethyl adjacent to an activating group) is 1. The van der Waals surface area contributed by atoms with Crippen LogP contribution in [0.15, 0.2) is 36.4 Å². The zero-order chi connectivity index (χ0) is 31.8. The molecule has 2 aromatic carbocycles.